The summed E-state index contributed by atoms with van der Waals surface area (Å²) in [7, 11) is 0. The molecule has 1 heterocycles. The first-order valence-electron chi connectivity index (χ1n) is 8.19. The van der Waals surface area contributed by atoms with Gasteiger partial charge in [-0.15, -0.1) is 0 Å². The minimum atomic E-state index is -0.459. The van der Waals surface area contributed by atoms with Crippen LogP contribution in [0.15, 0.2) is 60.7 Å². The zero-order chi connectivity index (χ0) is 15.8. The fourth-order valence-corrected chi connectivity index (χ4v) is 4.17. The van der Waals surface area contributed by atoms with Crippen molar-refractivity contribution in [3.05, 3.63) is 71.8 Å². The summed E-state index contributed by atoms with van der Waals surface area (Å²) in [5, 5.41) is 10.1. The fourth-order valence-electron chi connectivity index (χ4n) is 4.17. The van der Waals surface area contributed by atoms with Crippen LogP contribution in [0.3, 0.4) is 0 Å². The van der Waals surface area contributed by atoms with Gasteiger partial charge < -0.3 is 4.74 Å². The van der Waals surface area contributed by atoms with Crippen molar-refractivity contribution in [2.24, 2.45) is 0 Å². The second-order valence-electron chi connectivity index (χ2n) is 6.39. The molecule has 1 unspecified atom stereocenters. The number of ether oxygens (including phenoxy) is 1. The maximum atomic E-state index is 10.1. The van der Waals surface area contributed by atoms with E-state index < -0.39 is 5.54 Å². The van der Waals surface area contributed by atoms with Gasteiger partial charge >= 0.3 is 0 Å². The van der Waals surface area contributed by atoms with E-state index in [4.69, 9.17) is 4.74 Å². The summed E-state index contributed by atoms with van der Waals surface area (Å²) in [5.74, 6) is 0. The van der Waals surface area contributed by atoms with Crippen LogP contribution < -0.4 is 0 Å². The van der Waals surface area contributed by atoms with Crippen molar-refractivity contribution in [2.75, 3.05) is 26.3 Å². The van der Waals surface area contributed by atoms with E-state index in [1.807, 2.05) is 12.1 Å². The molecule has 3 heteroatoms. The minimum Gasteiger partial charge on any atom is -0.379 e. The molecular weight excluding hydrogens is 284 g/mol. The van der Waals surface area contributed by atoms with Crippen molar-refractivity contribution in [1.82, 2.24) is 4.90 Å². The second-order valence-corrected chi connectivity index (χ2v) is 6.39. The third-order valence-electron chi connectivity index (χ3n) is 5.37. The van der Waals surface area contributed by atoms with Crippen molar-refractivity contribution in [3.63, 3.8) is 0 Å². The summed E-state index contributed by atoms with van der Waals surface area (Å²) < 4.78 is 5.50. The van der Waals surface area contributed by atoms with Crippen LogP contribution in [0, 0.1) is 11.3 Å². The van der Waals surface area contributed by atoms with Crippen LogP contribution in [0.25, 0.3) is 0 Å². The van der Waals surface area contributed by atoms with Gasteiger partial charge in [-0.2, -0.15) is 5.26 Å². The summed E-state index contributed by atoms with van der Waals surface area (Å²) in [4.78, 5) is 2.33. The molecule has 1 saturated carbocycles. The molecule has 1 atom stereocenters. The molecule has 0 spiro atoms. The Bertz CT molecular complexity index is 677. The second kappa shape index (κ2) is 5.49. The SMILES string of the molecule is N#CC1(N2CCOCC2)CC1(c1ccccc1)c1ccccc1. The van der Waals surface area contributed by atoms with Gasteiger partial charge in [0.25, 0.3) is 0 Å². The molecular formula is C20H20N2O. The Morgan fingerprint density at radius 1 is 0.870 bits per heavy atom. The number of hydrogen-bond acceptors (Lipinski definition) is 3. The monoisotopic (exact) mass is 304 g/mol. The zero-order valence-corrected chi connectivity index (χ0v) is 13.1. The Kier molecular flexibility index (Phi) is 3.45. The number of nitriles is 1. The third kappa shape index (κ3) is 2.03. The molecule has 2 fully saturated rings. The fraction of sp³-hybridized carbons (Fsp3) is 0.350. The summed E-state index contributed by atoms with van der Waals surface area (Å²) in [6, 6.07) is 23.7. The lowest BCUT2D eigenvalue weighted by Gasteiger charge is -2.35. The normalized spacial score (nSPS) is 26.4. The highest BCUT2D eigenvalue weighted by molar-refractivity contribution is 5.58. The molecule has 0 radical (unpaired) electrons. The van der Waals surface area contributed by atoms with Crippen LogP contribution in [-0.4, -0.2) is 36.7 Å². The van der Waals surface area contributed by atoms with Crippen LogP contribution in [0.4, 0.5) is 0 Å². The zero-order valence-electron chi connectivity index (χ0n) is 13.1. The van der Waals surface area contributed by atoms with Gasteiger partial charge in [0.15, 0.2) is 0 Å². The Morgan fingerprint density at radius 2 is 1.39 bits per heavy atom. The first-order valence-corrected chi connectivity index (χ1v) is 8.19. The Balaban J connectivity index is 1.84. The standard InChI is InChI=1S/C20H20N2O/c21-16-19(22-11-13-23-14-12-22)15-20(19,17-7-3-1-4-8-17)18-9-5-2-6-10-18/h1-10H,11-15H2. The molecule has 2 aliphatic rings. The number of rotatable bonds is 3. The van der Waals surface area contributed by atoms with E-state index in [1.54, 1.807) is 0 Å². The van der Waals surface area contributed by atoms with Crippen LogP contribution in [0.5, 0.6) is 0 Å². The predicted molar refractivity (Wildman–Crippen MR) is 89.0 cm³/mol. The number of hydrogen-bond donors (Lipinski definition) is 0. The average Bonchev–Trinajstić information content (AvgIpc) is 3.36. The van der Waals surface area contributed by atoms with Crippen molar-refractivity contribution in [1.29, 1.82) is 5.26 Å². The Labute approximate surface area is 137 Å². The van der Waals surface area contributed by atoms with Crippen molar-refractivity contribution < 1.29 is 4.74 Å². The molecule has 0 bridgehead atoms. The molecule has 4 rings (SSSR count). The molecule has 1 aliphatic carbocycles. The van der Waals surface area contributed by atoms with Gasteiger partial charge in [0.1, 0.15) is 5.54 Å². The number of benzene rings is 2. The van der Waals surface area contributed by atoms with E-state index in [0.717, 1.165) is 19.5 Å². The molecule has 2 aromatic carbocycles. The van der Waals surface area contributed by atoms with Crippen LogP contribution in [0.2, 0.25) is 0 Å². The first kappa shape index (κ1) is 14.4. The van der Waals surface area contributed by atoms with Crippen LogP contribution in [0.1, 0.15) is 17.5 Å². The highest BCUT2D eigenvalue weighted by Gasteiger charge is 2.72. The third-order valence-corrected chi connectivity index (χ3v) is 5.37. The smallest absolute Gasteiger partial charge is 0.124 e. The molecule has 0 aromatic heterocycles. The molecule has 0 N–H and O–H groups in total. The molecule has 1 aliphatic heterocycles. The van der Waals surface area contributed by atoms with Gasteiger partial charge in [-0.25, -0.2) is 0 Å². The van der Waals surface area contributed by atoms with Gasteiger partial charge in [-0.3, -0.25) is 4.90 Å². The predicted octanol–water partition coefficient (Wildman–Crippen LogP) is 2.97. The van der Waals surface area contributed by atoms with Crippen LogP contribution in [-0.2, 0) is 10.2 Å². The van der Waals surface area contributed by atoms with Crippen LogP contribution >= 0.6 is 0 Å². The minimum absolute atomic E-state index is 0.235. The molecule has 1 saturated heterocycles. The largest absolute Gasteiger partial charge is 0.379 e. The Morgan fingerprint density at radius 3 is 1.87 bits per heavy atom. The van der Waals surface area contributed by atoms with Gasteiger partial charge in [0.2, 0.25) is 0 Å². The van der Waals surface area contributed by atoms with Gasteiger partial charge in [-0.05, 0) is 17.5 Å². The van der Waals surface area contributed by atoms with Crippen molar-refractivity contribution in [3.8, 4) is 6.07 Å². The summed E-state index contributed by atoms with van der Waals surface area (Å²) in [5.41, 5.74) is 1.78. The van der Waals surface area contributed by atoms with E-state index in [9.17, 15) is 5.26 Å². The average molecular weight is 304 g/mol. The molecule has 2 aromatic rings. The van der Waals surface area contributed by atoms with E-state index in [1.165, 1.54) is 11.1 Å². The molecule has 3 nitrogen and oxygen atoms in total. The highest BCUT2D eigenvalue weighted by atomic mass is 16.5. The maximum absolute atomic E-state index is 10.1. The lowest BCUT2D eigenvalue weighted by Crippen LogP contribution is -2.48. The van der Waals surface area contributed by atoms with E-state index in [-0.39, 0.29) is 5.41 Å². The summed E-state index contributed by atoms with van der Waals surface area (Å²) in [6.07, 6.45) is 0.852. The van der Waals surface area contributed by atoms with Crippen molar-refractivity contribution in [2.45, 2.75) is 17.4 Å². The molecule has 0 amide bonds. The van der Waals surface area contributed by atoms with E-state index >= 15 is 0 Å². The summed E-state index contributed by atoms with van der Waals surface area (Å²) >= 11 is 0. The topological polar surface area (TPSA) is 36.3 Å². The molecule has 23 heavy (non-hydrogen) atoms. The van der Waals surface area contributed by atoms with Crippen molar-refractivity contribution >= 4 is 0 Å². The first-order chi connectivity index (χ1) is 11.3. The quantitative estimate of drug-likeness (QED) is 0.874. The van der Waals surface area contributed by atoms with E-state index in [0.29, 0.717) is 13.2 Å². The Hall–Kier alpha value is -2.15. The maximum Gasteiger partial charge on any atom is 0.124 e. The van der Waals surface area contributed by atoms with Gasteiger partial charge in [-0.1, -0.05) is 60.7 Å². The summed E-state index contributed by atoms with van der Waals surface area (Å²) in [6.45, 7) is 3.08. The lowest BCUT2D eigenvalue weighted by atomic mass is 9.83. The van der Waals surface area contributed by atoms with Gasteiger partial charge in [0.05, 0.1) is 24.7 Å². The molecule has 116 valence electrons. The van der Waals surface area contributed by atoms with E-state index in [2.05, 4.69) is 59.5 Å². The highest BCUT2D eigenvalue weighted by Crippen LogP contribution is 2.64. The lowest BCUT2D eigenvalue weighted by molar-refractivity contribution is 0.0179. The number of morpholine rings is 1. The number of nitrogens with zero attached hydrogens (tertiary/aromatic N) is 2. The van der Waals surface area contributed by atoms with Gasteiger partial charge in [0, 0.05) is 13.1 Å².